The number of aryl methyl sites for hydroxylation is 1. The Morgan fingerprint density at radius 1 is 1.27 bits per heavy atom. The smallest absolute Gasteiger partial charge is 0.315 e. The first-order chi connectivity index (χ1) is 10.5. The molecule has 22 heavy (non-hydrogen) atoms. The Bertz CT molecular complexity index is 509. The van der Waals surface area contributed by atoms with E-state index in [-0.39, 0.29) is 18.5 Å². The molecule has 0 spiro atoms. The standard InChI is InChI=1S/C15H22BrN3O3/c1-3-22-8-4-7-17-15(21)18-10-14(20)19-13-6-5-12(16)9-11(13)2/h5-6,9H,3-4,7-8,10H2,1-2H3,(H,19,20)(H2,17,18,21). The molecule has 6 nitrogen and oxygen atoms in total. The summed E-state index contributed by atoms with van der Waals surface area (Å²) in [5, 5.41) is 7.93. The summed E-state index contributed by atoms with van der Waals surface area (Å²) in [5.41, 5.74) is 1.68. The SMILES string of the molecule is CCOCCCNC(=O)NCC(=O)Nc1ccc(Br)cc1C. The van der Waals surface area contributed by atoms with Crippen molar-refractivity contribution >= 4 is 33.6 Å². The number of halogens is 1. The van der Waals surface area contributed by atoms with Crippen molar-refractivity contribution in [3.63, 3.8) is 0 Å². The summed E-state index contributed by atoms with van der Waals surface area (Å²) in [5.74, 6) is -0.269. The molecule has 3 amide bonds. The van der Waals surface area contributed by atoms with Gasteiger partial charge < -0.3 is 20.7 Å². The van der Waals surface area contributed by atoms with E-state index in [2.05, 4.69) is 31.9 Å². The number of amides is 3. The van der Waals surface area contributed by atoms with E-state index in [1.54, 1.807) is 0 Å². The minimum absolute atomic E-state index is 0.0766. The molecule has 3 N–H and O–H groups in total. The van der Waals surface area contributed by atoms with Crippen LogP contribution < -0.4 is 16.0 Å². The van der Waals surface area contributed by atoms with E-state index in [9.17, 15) is 9.59 Å². The van der Waals surface area contributed by atoms with Gasteiger partial charge in [0, 0.05) is 29.9 Å². The number of nitrogens with one attached hydrogen (secondary N) is 3. The van der Waals surface area contributed by atoms with Crippen molar-refractivity contribution < 1.29 is 14.3 Å². The molecule has 0 aromatic heterocycles. The van der Waals surface area contributed by atoms with E-state index in [1.165, 1.54) is 0 Å². The topological polar surface area (TPSA) is 79.5 Å². The Hall–Kier alpha value is -1.60. The number of rotatable bonds is 8. The lowest BCUT2D eigenvalue weighted by molar-refractivity contribution is -0.115. The average Bonchev–Trinajstić information content (AvgIpc) is 2.48. The molecule has 0 heterocycles. The molecule has 0 bridgehead atoms. The Morgan fingerprint density at radius 2 is 2.05 bits per heavy atom. The molecule has 0 saturated heterocycles. The number of carbonyl (C=O) groups is 2. The van der Waals surface area contributed by atoms with Crippen LogP contribution in [0.5, 0.6) is 0 Å². The van der Waals surface area contributed by atoms with E-state index < -0.39 is 0 Å². The third-order valence-electron chi connectivity index (χ3n) is 2.83. The van der Waals surface area contributed by atoms with E-state index in [0.717, 1.165) is 22.1 Å². The van der Waals surface area contributed by atoms with Gasteiger partial charge in [-0.25, -0.2) is 4.79 Å². The summed E-state index contributed by atoms with van der Waals surface area (Å²) in [6.07, 6.45) is 0.742. The molecule has 0 saturated carbocycles. The molecule has 0 aliphatic heterocycles. The summed E-state index contributed by atoms with van der Waals surface area (Å²) >= 11 is 3.37. The zero-order valence-electron chi connectivity index (χ0n) is 12.9. The second-order valence-corrected chi connectivity index (χ2v) is 5.58. The predicted molar refractivity (Wildman–Crippen MR) is 90.0 cm³/mol. The molecule has 0 unspecified atom stereocenters. The third-order valence-corrected chi connectivity index (χ3v) is 3.32. The van der Waals surface area contributed by atoms with Gasteiger partial charge in [0.25, 0.3) is 0 Å². The highest BCUT2D eigenvalue weighted by molar-refractivity contribution is 9.10. The number of anilines is 1. The monoisotopic (exact) mass is 371 g/mol. The zero-order chi connectivity index (χ0) is 16.4. The van der Waals surface area contributed by atoms with Crippen LogP contribution in [-0.2, 0) is 9.53 Å². The lowest BCUT2D eigenvalue weighted by Gasteiger charge is -2.10. The summed E-state index contributed by atoms with van der Waals surface area (Å²) in [6, 6.07) is 5.21. The molecule has 7 heteroatoms. The number of hydrogen-bond acceptors (Lipinski definition) is 3. The van der Waals surface area contributed by atoms with Crippen LogP contribution in [0, 0.1) is 6.92 Å². The van der Waals surface area contributed by atoms with Gasteiger partial charge in [-0.15, -0.1) is 0 Å². The molecule has 0 fully saturated rings. The van der Waals surface area contributed by atoms with Gasteiger partial charge in [0.1, 0.15) is 0 Å². The molecular weight excluding hydrogens is 350 g/mol. The summed E-state index contributed by atoms with van der Waals surface area (Å²) in [6.45, 7) is 5.54. The minimum Gasteiger partial charge on any atom is -0.382 e. The van der Waals surface area contributed by atoms with Gasteiger partial charge in [0.2, 0.25) is 5.91 Å². The number of ether oxygens (including phenoxy) is 1. The number of benzene rings is 1. The highest BCUT2D eigenvalue weighted by Crippen LogP contribution is 2.19. The van der Waals surface area contributed by atoms with Crippen LogP contribution in [0.4, 0.5) is 10.5 Å². The van der Waals surface area contributed by atoms with Crippen molar-refractivity contribution in [3.05, 3.63) is 28.2 Å². The van der Waals surface area contributed by atoms with Crippen molar-refractivity contribution in [2.24, 2.45) is 0 Å². The Balaban J connectivity index is 2.23. The van der Waals surface area contributed by atoms with Gasteiger partial charge in [-0.3, -0.25) is 4.79 Å². The van der Waals surface area contributed by atoms with Crippen LogP contribution in [0.3, 0.4) is 0 Å². The fraction of sp³-hybridized carbons (Fsp3) is 0.467. The van der Waals surface area contributed by atoms with Crippen LogP contribution in [0.25, 0.3) is 0 Å². The van der Waals surface area contributed by atoms with Crippen LogP contribution in [0.1, 0.15) is 18.9 Å². The first-order valence-electron chi connectivity index (χ1n) is 7.18. The third kappa shape index (κ3) is 7.42. The van der Waals surface area contributed by atoms with E-state index in [1.807, 2.05) is 32.0 Å². The van der Waals surface area contributed by atoms with Crippen molar-refractivity contribution in [2.45, 2.75) is 20.3 Å². The van der Waals surface area contributed by atoms with Crippen LogP contribution >= 0.6 is 15.9 Å². The quantitative estimate of drug-likeness (QED) is 0.614. The maximum Gasteiger partial charge on any atom is 0.315 e. The van der Waals surface area contributed by atoms with Crippen molar-refractivity contribution in [2.75, 3.05) is 31.6 Å². The highest BCUT2D eigenvalue weighted by atomic mass is 79.9. The van der Waals surface area contributed by atoms with E-state index in [0.29, 0.717) is 19.8 Å². The van der Waals surface area contributed by atoms with Gasteiger partial charge in [-0.05, 0) is 44.0 Å². The zero-order valence-corrected chi connectivity index (χ0v) is 14.5. The molecule has 1 aromatic rings. The second kappa shape index (κ2) is 10.2. The summed E-state index contributed by atoms with van der Waals surface area (Å²) in [4.78, 5) is 23.3. The molecule has 122 valence electrons. The van der Waals surface area contributed by atoms with Gasteiger partial charge in [-0.1, -0.05) is 15.9 Å². The number of carbonyl (C=O) groups excluding carboxylic acids is 2. The summed E-state index contributed by atoms with van der Waals surface area (Å²) in [7, 11) is 0. The number of hydrogen-bond donors (Lipinski definition) is 3. The van der Waals surface area contributed by atoms with Gasteiger partial charge in [0.05, 0.1) is 6.54 Å². The van der Waals surface area contributed by atoms with Gasteiger partial charge >= 0.3 is 6.03 Å². The van der Waals surface area contributed by atoms with Crippen molar-refractivity contribution in [1.29, 1.82) is 0 Å². The molecule has 0 aliphatic rings. The minimum atomic E-state index is -0.362. The number of urea groups is 1. The van der Waals surface area contributed by atoms with Crippen molar-refractivity contribution in [1.82, 2.24) is 10.6 Å². The molecular formula is C15H22BrN3O3. The fourth-order valence-electron chi connectivity index (χ4n) is 1.71. The van der Waals surface area contributed by atoms with E-state index in [4.69, 9.17) is 4.74 Å². The Labute approximate surface area is 139 Å². The molecule has 0 aliphatic carbocycles. The lowest BCUT2D eigenvalue weighted by Crippen LogP contribution is -2.40. The normalized spacial score (nSPS) is 10.1. The predicted octanol–water partition coefficient (Wildman–Crippen LogP) is 2.42. The molecule has 0 atom stereocenters. The van der Waals surface area contributed by atoms with Crippen molar-refractivity contribution in [3.8, 4) is 0 Å². The fourth-order valence-corrected chi connectivity index (χ4v) is 2.18. The lowest BCUT2D eigenvalue weighted by atomic mass is 10.2. The van der Waals surface area contributed by atoms with Gasteiger partial charge in [0.15, 0.2) is 0 Å². The van der Waals surface area contributed by atoms with Crippen LogP contribution in [0.2, 0.25) is 0 Å². The first kappa shape index (κ1) is 18.4. The average molecular weight is 372 g/mol. The largest absolute Gasteiger partial charge is 0.382 e. The highest BCUT2D eigenvalue weighted by Gasteiger charge is 2.07. The van der Waals surface area contributed by atoms with Crippen LogP contribution in [-0.4, -0.2) is 38.2 Å². The second-order valence-electron chi connectivity index (χ2n) is 4.67. The van der Waals surface area contributed by atoms with E-state index >= 15 is 0 Å². The maximum atomic E-state index is 11.8. The van der Waals surface area contributed by atoms with Crippen LogP contribution in [0.15, 0.2) is 22.7 Å². The summed E-state index contributed by atoms with van der Waals surface area (Å²) < 4.78 is 6.11. The maximum absolute atomic E-state index is 11.8. The first-order valence-corrected chi connectivity index (χ1v) is 7.97. The van der Waals surface area contributed by atoms with Gasteiger partial charge in [-0.2, -0.15) is 0 Å². The molecule has 1 rings (SSSR count). The Morgan fingerprint density at radius 3 is 2.73 bits per heavy atom. The molecule has 1 aromatic carbocycles. The molecule has 0 radical (unpaired) electrons. The Kier molecular flexibility index (Phi) is 8.54.